The topological polar surface area (TPSA) is 38.3 Å². The van der Waals surface area contributed by atoms with Gasteiger partial charge in [0, 0.05) is 6.54 Å². The number of carbonyl (C=O) groups is 1. The van der Waals surface area contributed by atoms with Crippen molar-refractivity contribution in [3.8, 4) is 0 Å². The molecule has 1 aliphatic heterocycles. The zero-order valence-electron chi connectivity index (χ0n) is 9.98. The molecule has 0 saturated heterocycles. The number of carbonyl (C=O) groups excluding carboxylic acids is 1. The zero-order valence-corrected chi connectivity index (χ0v) is 9.98. The molecule has 90 valence electrons. The van der Waals surface area contributed by atoms with Crippen LogP contribution in [0, 0.1) is 0 Å². The van der Waals surface area contributed by atoms with E-state index in [9.17, 15) is 4.79 Å². The van der Waals surface area contributed by atoms with Gasteiger partial charge in [0.15, 0.2) is 0 Å². The summed E-state index contributed by atoms with van der Waals surface area (Å²) in [5.41, 5.74) is 2.52. The van der Waals surface area contributed by atoms with Crippen molar-refractivity contribution in [2.24, 2.45) is 0 Å². The van der Waals surface area contributed by atoms with E-state index >= 15 is 0 Å². The van der Waals surface area contributed by atoms with E-state index < -0.39 is 0 Å². The lowest BCUT2D eigenvalue weighted by atomic mass is 9.97. The van der Waals surface area contributed by atoms with Gasteiger partial charge in [-0.2, -0.15) is 0 Å². The number of allylic oxidation sites excluding steroid dienone is 1. The van der Waals surface area contributed by atoms with Gasteiger partial charge in [0.2, 0.25) is 5.91 Å². The first-order valence-electron chi connectivity index (χ1n) is 5.91. The van der Waals surface area contributed by atoms with E-state index in [0.29, 0.717) is 6.54 Å². The van der Waals surface area contributed by atoms with E-state index in [1.807, 2.05) is 19.1 Å². The van der Waals surface area contributed by atoms with Crippen molar-refractivity contribution in [2.45, 2.75) is 19.4 Å². The minimum atomic E-state index is -0.0702. The van der Waals surface area contributed by atoms with Gasteiger partial charge in [0.1, 0.15) is 6.10 Å². The Bertz CT molecular complexity index is 426. The molecule has 0 saturated carbocycles. The normalized spacial score (nSPS) is 19.0. The molecule has 0 unspecified atom stereocenters. The van der Waals surface area contributed by atoms with E-state index in [0.717, 1.165) is 13.0 Å². The second-order valence-corrected chi connectivity index (χ2v) is 4.05. The van der Waals surface area contributed by atoms with Crippen molar-refractivity contribution in [2.75, 3.05) is 13.2 Å². The van der Waals surface area contributed by atoms with Crippen LogP contribution in [0.2, 0.25) is 0 Å². The first-order chi connectivity index (χ1) is 8.31. The third-order valence-electron chi connectivity index (χ3n) is 2.87. The molecule has 0 aromatic heterocycles. The standard InChI is InChI=1S/C14H17NO2/c1-2-5-14(16)15-10-13-12-7-4-3-6-11(12)8-9-17-13/h2-7,13H,8-10H2,1H3,(H,15,16)/t13-/m1/s1. The van der Waals surface area contributed by atoms with Gasteiger partial charge in [0.25, 0.3) is 0 Å². The maximum absolute atomic E-state index is 11.3. The molecule has 1 heterocycles. The summed E-state index contributed by atoms with van der Waals surface area (Å²) in [6, 6.07) is 8.24. The molecule has 1 N–H and O–H groups in total. The van der Waals surface area contributed by atoms with Gasteiger partial charge in [-0.05, 0) is 30.5 Å². The Hall–Kier alpha value is -1.61. The maximum atomic E-state index is 11.3. The molecule has 0 spiro atoms. The first-order valence-corrected chi connectivity index (χ1v) is 5.91. The SMILES string of the molecule is CC=CC(=O)NC[C@H]1OCCc2ccccc21. The minimum absolute atomic E-state index is 0.0193. The lowest BCUT2D eigenvalue weighted by Gasteiger charge is -2.26. The number of hydrogen-bond acceptors (Lipinski definition) is 2. The summed E-state index contributed by atoms with van der Waals surface area (Å²) in [5, 5.41) is 2.84. The lowest BCUT2D eigenvalue weighted by Crippen LogP contribution is -2.30. The predicted octanol–water partition coefficient (Wildman–Crippen LogP) is 1.99. The molecule has 0 aliphatic carbocycles. The Kier molecular flexibility index (Phi) is 3.94. The van der Waals surface area contributed by atoms with E-state index in [2.05, 4.69) is 17.4 Å². The molecule has 0 radical (unpaired) electrons. The van der Waals surface area contributed by atoms with Gasteiger partial charge in [-0.3, -0.25) is 4.79 Å². The third-order valence-corrected chi connectivity index (χ3v) is 2.87. The zero-order chi connectivity index (χ0) is 12.1. The largest absolute Gasteiger partial charge is 0.371 e. The molecule has 1 aliphatic rings. The first kappa shape index (κ1) is 11.9. The van der Waals surface area contributed by atoms with Crippen LogP contribution in [-0.4, -0.2) is 19.1 Å². The van der Waals surface area contributed by atoms with Gasteiger partial charge in [-0.15, -0.1) is 0 Å². The van der Waals surface area contributed by atoms with Crippen molar-refractivity contribution in [1.29, 1.82) is 0 Å². The summed E-state index contributed by atoms with van der Waals surface area (Å²) in [6.07, 6.45) is 4.18. The van der Waals surface area contributed by atoms with E-state index in [4.69, 9.17) is 4.74 Å². The highest BCUT2D eigenvalue weighted by molar-refractivity contribution is 5.87. The monoisotopic (exact) mass is 231 g/mol. The Labute approximate surface area is 101 Å². The number of nitrogens with one attached hydrogen (secondary N) is 1. The smallest absolute Gasteiger partial charge is 0.243 e. The Morgan fingerprint density at radius 1 is 1.53 bits per heavy atom. The van der Waals surface area contributed by atoms with Gasteiger partial charge in [0.05, 0.1) is 6.61 Å². The van der Waals surface area contributed by atoms with Gasteiger partial charge >= 0.3 is 0 Å². The van der Waals surface area contributed by atoms with Crippen LogP contribution in [0.3, 0.4) is 0 Å². The fourth-order valence-corrected chi connectivity index (χ4v) is 2.05. The van der Waals surface area contributed by atoms with Crippen molar-refractivity contribution in [3.63, 3.8) is 0 Å². The second-order valence-electron chi connectivity index (χ2n) is 4.05. The average Bonchev–Trinajstić information content (AvgIpc) is 2.36. The number of hydrogen-bond donors (Lipinski definition) is 1. The summed E-state index contributed by atoms with van der Waals surface area (Å²) in [5.74, 6) is -0.0702. The molecule has 3 nitrogen and oxygen atoms in total. The number of rotatable bonds is 3. The molecule has 17 heavy (non-hydrogen) atoms. The van der Waals surface area contributed by atoms with Crippen LogP contribution >= 0.6 is 0 Å². The third kappa shape index (κ3) is 2.94. The van der Waals surface area contributed by atoms with E-state index in [1.54, 1.807) is 6.08 Å². The van der Waals surface area contributed by atoms with Crippen molar-refractivity contribution >= 4 is 5.91 Å². The van der Waals surface area contributed by atoms with Gasteiger partial charge < -0.3 is 10.1 Å². The van der Waals surface area contributed by atoms with Crippen LogP contribution < -0.4 is 5.32 Å². The van der Waals surface area contributed by atoms with Gasteiger partial charge in [-0.1, -0.05) is 30.3 Å². The summed E-state index contributed by atoms with van der Waals surface area (Å²) in [4.78, 5) is 11.3. The summed E-state index contributed by atoms with van der Waals surface area (Å²) < 4.78 is 5.69. The van der Waals surface area contributed by atoms with Crippen LogP contribution in [0.25, 0.3) is 0 Å². The Morgan fingerprint density at radius 2 is 2.35 bits per heavy atom. The van der Waals surface area contributed by atoms with Gasteiger partial charge in [-0.25, -0.2) is 0 Å². The summed E-state index contributed by atoms with van der Waals surface area (Å²) in [7, 11) is 0. The summed E-state index contributed by atoms with van der Waals surface area (Å²) >= 11 is 0. The van der Waals surface area contributed by atoms with Crippen molar-refractivity contribution in [1.82, 2.24) is 5.32 Å². The molecule has 1 amide bonds. The highest BCUT2D eigenvalue weighted by atomic mass is 16.5. The molecule has 0 bridgehead atoms. The molecule has 0 fully saturated rings. The molecule has 2 rings (SSSR count). The van der Waals surface area contributed by atoms with Crippen LogP contribution in [0.4, 0.5) is 0 Å². The fourth-order valence-electron chi connectivity index (χ4n) is 2.05. The lowest BCUT2D eigenvalue weighted by molar-refractivity contribution is -0.117. The quantitative estimate of drug-likeness (QED) is 0.808. The van der Waals surface area contributed by atoms with E-state index in [-0.39, 0.29) is 12.0 Å². The van der Waals surface area contributed by atoms with E-state index in [1.165, 1.54) is 17.2 Å². The summed E-state index contributed by atoms with van der Waals surface area (Å²) in [6.45, 7) is 3.08. The van der Waals surface area contributed by atoms with Crippen LogP contribution in [0.5, 0.6) is 0 Å². The highest BCUT2D eigenvalue weighted by Crippen LogP contribution is 2.25. The van der Waals surface area contributed by atoms with Crippen molar-refractivity contribution < 1.29 is 9.53 Å². The molecular weight excluding hydrogens is 214 g/mol. The number of ether oxygens (including phenoxy) is 1. The average molecular weight is 231 g/mol. The molecule has 1 aromatic rings. The maximum Gasteiger partial charge on any atom is 0.243 e. The second kappa shape index (κ2) is 5.64. The molecule has 1 atom stereocenters. The molecule has 1 aromatic carbocycles. The Morgan fingerprint density at radius 3 is 3.18 bits per heavy atom. The highest BCUT2D eigenvalue weighted by Gasteiger charge is 2.20. The van der Waals surface area contributed by atoms with Crippen molar-refractivity contribution in [3.05, 3.63) is 47.5 Å². The minimum Gasteiger partial charge on any atom is -0.371 e. The number of fused-ring (bicyclic) bond motifs is 1. The van der Waals surface area contributed by atoms with Crippen LogP contribution in [0.15, 0.2) is 36.4 Å². The number of amides is 1. The molecule has 3 heteroatoms. The molecular formula is C14H17NO2. The number of benzene rings is 1. The van der Waals surface area contributed by atoms with Crippen LogP contribution in [0.1, 0.15) is 24.2 Å². The predicted molar refractivity (Wildman–Crippen MR) is 66.7 cm³/mol. The fraction of sp³-hybridized carbons (Fsp3) is 0.357. The van der Waals surface area contributed by atoms with Crippen LogP contribution in [-0.2, 0) is 16.0 Å². The Balaban J connectivity index is 2.01.